The van der Waals surface area contributed by atoms with Crippen molar-refractivity contribution in [2.24, 2.45) is 0 Å². The first-order valence-corrected chi connectivity index (χ1v) is 5.87. The first kappa shape index (κ1) is 14.7. The van der Waals surface area contributed by atoms with Gasteiger partial charge in [0.05, 0.1) is 12.1 Å². The van der Waals surface area contributed by atoms with Crippen molar-refractivity contribution in [1.29, 1.82) is 0 Å². The quantitative estimate of drug-likeness (QED) is 0.692. The summed E-state index contributed by atoms with van der Waals surface area (Å²) in [7, 11) is 1.56. The van der Waals surface area contributed by atoms with Crippen LogP contribution in [-0.2, 0) is 4.74 Å². The van der Waals surface area contributed by atoms with E-state index in [0.29, 0.717) is 18.7 Å². The van der Waals surface area contributed by atoms with Crippen molar-refractivity contribution in [1.82, 2.24) is 15.5 Å². The van der Waals surface area contributed by atoms with Gasteiger partial charge in [0.25, 0.3) is 5.91 Å². The number of hydrogen-bond donors (Lipinski definition) is 3. The smallest absolute Gasteiger partial charge is 0.272 e. The van der Waals surface area contributed by atoms with Crippen molar-refractivity contribution in [2.45, 2.75) is 32.7 Å². The van der Waals surface area contributed by atoms with Gasteiger partial charge in [-0.25, -0.2) is 0 Å². The van der Waals surface area contributed by atoms with Crippen molar-refractivity contribution in [3.8, 4) is 0 Å². The summed E-state index contributed by atoms with van der Waals surface area (Å²) < 4.78 is 5.08. The van der Waals surface area contributed by atoms with E-state index in [1.807, 2.05) is 20.8 Å². The molecule has 0 spiro atoms. The van der Waals surface area contributed by atoms with E-state index in [1.54, 1.807) is 7.11 Å². The van der Waals surface area contributed by atoms with Crippen molar-refractivity contribution in [2.75, 3.05) is 20.3 Å². The lowest BCUT2D eigenvalue weighted by Gasteiger charge is -2.29. The largest absolute Gasteiger partial charge is 0.396 e. The maximum atomic E-state index is 12.1. The molecular formula is C12H21N3O3. The van der Waals surface area contributed by atoms with E-state index in [0.717, 1.165) is 11.3 Å². The monoisotopic (exact) mass is 255 g/mol. The second-order valence-electron chi connectivity index (χ2n) is 4.74. The number of aromatic amines is 1. The maximum absolute atomic E-state index is 12.1. The fourth-order valence-electron chi connectivity index (χ4n) is 1.78. The van der Waals surface area contributed by atoms with Gasteiger partial charge in [-0.2, -0.15) is 5.10 Å². The van der Waals surface area contributed by atoms with Crippen LogP contribution >= 0.6 is 0 Å². The summed E-state index contributed by atoms with van der Waals surface area (Å²) in [5.74, 6) is -0.259. The van der Waals surface area contributed by atoms with E-state index in [-0.39, 0.29) is 12.5 Å². The fraction of sp³-hybridized carbons (Fsp3) is 0.667. The minimum Gasteiger partial charge on any atom is -0.396 e. The number of amides is 1. The Balaban J connectivity index is 2.81. The van der Waals surface area contributed by atoms with Crippen LogP contribution in [0.5, 0.6) is 0 Å². The highest BCUT2D eigenvalue weighted by Crippen LogP contribution is 2.13. The number of nitrogens with one attached hydrogen (secondary N) is 2. The van der Waals surface area contributed by atoms with Crippen LogP contribution in [0.2, 0.25) is 0 Å². The molecule has 3 N–H and O–H groups in total. The molecule has 1 amide bonds. The first-order valence-electron chi connectivity index (χ1n) is 5.87. The average molecular weight is 255 g/mol. The number of carbonyl (C=O) groups is 1. The van der Waals surface area contributed by atoms with E-state index >= 15 is 0 Å². The molecule has 6 heteroatoms. The second-order valence-corrected chi connectivity index (χ2v) is 4.74. The summed E-state index contributed by atoms with van der Waals surface area (Å²) in [4.78, 5) is 12.1. The number of nitrogens with zero attached hydrogens (tertiary/aromatic N) is 1. The van der Waals surface area contributed by atoms with Crippen molar-refractivity contribution in [3.05, 3.63) is 17.0 Å². The van der Waals surface area contributed by atoms with E-state index < -0.39 is 5.54 Å². The first-order chi connectivity index (χ1) is 8.43. The third-order valence-electron chi connectivity index (χ3n) is 3.01. The molecule has 1 unspecified atom stereocenters. The van der Waals surface area contributed by atoms with Crippen LogP contribution in [0.15, 0.2) is 0 Å². The molecule has 0 bridgehead atoms. The van der Waals surface area contributed by atoms with Crippen LogP contribution in [0, 0.1) is 13.8 Å². The lowest BCUT2D eigenvalue weighted by Crippen LogP contribution is -2.50. The second kappa shape index (κ2) is 5.97. The summed E-state index contributed by atoms with van der Waals surface area (Å²) >= 11 is 0. The number of methoxy groups -OCH3 is 1. The molecule has 6 nitrogen and oxygen atoms in total. The van der Waals surface area contributed by atoms with Gasteiger partial charge in [-0.1, -0.05) is 0 Å². The molecule has 1 atom stereocenters. The number of rotatable bonds is 6. The minimum atomic E-state index is -0.597. The minimum absolute atomic E-state index is 0.0152. The van der Waals surface area contributed by atoms with Crippen molar-refractivity contribution < 1.29 is 14.6 Å². The van der Waals surface area contributed by atoms with E-state index in [2.05, 4.69) is 15.5 Å². The normalized spacial score (nSPS) is 14.3. The van der Waals surface area contributed by atoms with Crippen LogP contribution in [0.3, 0.4) is 0 Å². The van der Waals surface area contributed by atoms with Crippen LogP contribution in [0.4, 0.5) is 0 Å². The molecule has 1 aromatic heterocycles. The van der Waals surface area contributed by atoms with Gasteiger partial charge in [0.1, 0.15) is 0 Å². The molecule has 0 radical (unpaired) electrons. The lowest BCUT2D eigenvalue weighted by atomic mass is 9.99. The molecule has 1 rings (SSSR count). The van der Waals surface area contributed by atoms with Gasteiger partial charge in [0.15, 0.2) is 5.69 Å². The molecular weight excluding hydrogens is 234 g/mol. The number of H-pyrrole nitrogens is 1. The Bertz CT molecular complexity index is 409. The zero-order valence-corrected chi connectivity index (χ0v) is 11.3. The SMILES string of the molecule is COCC(C)(CCO)NC(=O)c1n[nH]c(C)c1C. The molecule has 0 aliphatic rings. The van der Waals surface area contributed by atoms with Gasteiger partial charge in [0.2, 0.25) is 0 Å². The summed E-state index contributed by atoms with van der Waals surface area (Å²) in [5, 5.41) is 18.7. The molecule has 18 heavy (non-hydrogen) atoms. The topological polar surface area (TPSA) is 87.2 Å². The third kappa shape index (κ3) is 3.30. The molecule has 1 heterocycles. The van der Waals surface area contributed by atoms with Gasteiger partial charge >= 0.3 is 0 Å². The Labute approximate surface area is 107 Å². The van der Waals surface area contributed by atoms with Crippen LogP contribution in [-0.4, -0.2) is 47.1 Å². The highest BCUT2D eigenvalue weighted by atomic mass is 16.5. The van der Waals surface area contributed by atoms with Gasteiger partial charge in [-0.3, -0.25) is 9.89 Å². The Morgan fingerprint density at radius 3 is 2.67 bits per heavy atom. The maximum Gasteiger partial charge on any atom is 0.272 e. The number of aryl methyl sites for hydroxylation is 1. The zero-order valence-electron chi connectivity index (χ0n) is 11.3. The number of carbonyl (C=O) groups excluding carboxylic acids is 1. The highest BCUT2D eigenvalue weighted by Gasteiger charge is 2.28. The van der Waals surface area contributed by atoms with E-state index in [4.69, 9.17) is 9.84 Å². The molecule has 0 fully saturated rings. The molecule has 0 aliphatic heterocycles. The van der Waals surface area contributed by atoms with Crippen molar-refractivity contribution in [3.63, 3.8) is 0 Å². The summed E-state index contributed by atoms with van der Waals surface area (Å²) in [6.45, 7) is 5.86. The average Bonchev–Trinajstić information content (AvgIpc) is 2.60. The number of aromatic nitrogens is 2. The summed E-state index contributed by atoms with van der Waals surface area (Å²) in [6.07, 6.45) is 0.426. The highest BCUT2D eigenvalue weighted by molar-refractivity contribution is 5.94. The van der Waals surface area contributed by atoms with Gasteiger partial charge in [-0.05, 0) is 27.2 Å². The van der Waals surface area contributed by atoms with E-state index in [9.17, 15) is 4.79 Å². The Hall–Kier alpha value is -1.40. The molecule has 1 aromatic rings. The molecule has 102 valence electrons. The van der Waals surface area contributed by atoms with Gasteiger partial charge < -0.3 is 15.2 Å². The molecule has 0 aliphatic carbocycles. The Morgan fingerprint density at radius 1 is 1.56 bits per heavy atom. The van der Waals surface area contributed by atoms with Gasteiger partial charge in [0, 0.05) is 25.0 Å². The van der Waals surface area contributed by atoms with Gasteiger partial charge in [-0.15, -0.1) is 0 Å². The number of aliphatic hydroxyl groups excluding tert-OH is 1. The standard InChI is InChI=1S/C12H21N3O3/c1-8-9(2)14-15-10(8)11(17)13-12(3,5-6-16)7-18-4/h16H,5-7H2,1-4H3,(H,13,17)(H,14,15). The third-order valence-corrected chi connectivity index (χ3v) is 3.01. The Kier molecular flexibility index (Phi) is 4.86. The van der Waals surface area contributed by atoms with E-state index in [1.165, 1.54) is 0 Å². The van der Waals surface area contributed by atoms with Crippen LogP contribution < -0.4 is 5.32 Å². The zero-order chi connectivity index (χ0) is 13.8. The van der Waals surface area contributed by atoms with Crippen LogP contribution in [0.1, 0.15) is 35.1 Å². The predicted octanol–water partition coefficient (Wildman–Crippen LogP) is 0.544. The summed E-state index contributed by atoms with van der Waals surface area (Å²) in [5.41, 5.74) is 1.49. The molecule has 0 aromatic carbocycles. The molecule has 0 saturated heterocycles. The summed E-state index contributed by atoms with van der Waals surface area (Å²) in [6, 6.07) is 0. The molecule has 0 saturated carbocycles. The Morgan fingerprint density at radius 2 is 2.22 bits per heavy atom. The lowest BCUT2D eigenvalue weighted by molar-refractivity contribution is 0.0721. The number of ether oxygens (including phenoxy) is 1. The van der Waals surface area contributed by atoms with Crippen molar-refractivity contribution >= 4 is 5.91 Å². The fourth-order valence-corrected chi connectivity index (χ4v) is 1.78. The van der Waals surface area contributed by atoms with Crippen LogP contribution in [0.25, 0.3) is 0 Å². The predicted molar refractivity (Wildman–Crippen MR) is 67.5 cm³/mol. The number of aliphatic hydroxyl groups is 1. The number of hydrogen-bond acceptors (Lipinski definition) is 4.